The first kappa shape index (κ1) is 14.6. The van der Waals surface area contributed by atoms with Crippen molar-refractivity contribution in [3.63, 3.8) is 0 Å². The fourth-order valence-electron chi connectivity index (χ4n) is 1.29. The first-order chi connectivity index (χ1) is 7.88. The summed E-state index contributed by atoms with van der Waals surface area (Å²) in [7, 11) is -3.40. The predicted molar refractivity (Wildman–Crippen MR) is 68.4 cm³/mol. The molecule has 0 aliphatic heterocycles. The average molecular weight is 325 g/mol. The molecule has 1 aromatic carbocycles. The third-order valence-corrected chi connectivity index (χ3v) is 3.46. The number of hydrogen-bond acceptors (Lipinski definition) is 3. The van der Waals surface area contributed by atoms with E-state index in [2.05, 4.69) is 21.2 Å². The highest BCUT2D eigenvalue weighted by atomic mass is 79.9. The Balaban J connectivity index is 2.32. The summed E-state index contributed by atoms with van der Waals surface area (Å²) in [5.41, 5.74) is 0.545. The average Bonchev–Trinajstić information content (AvgIpc) is 2.18. The van der Waals surface area contributed by atoms with Crippen LogP contribution in [0.4, 0.5) is 4.39 Å². The third kappa shape index (κ3) is 6.11. The van der Waals surface area contributed by atoms with Gasteiger partial charge in [0.05, 0.1) is 5.75 Å². The Morgan fingerprint density at radius 3 is 2.71 bits per heavy atom. The van der Waals surface area contributed by atoms with Gasteiger partial charge < -0.3 is 5.32 Å². The van der Waals surface area contributed by atoms with Crippen LogP contribution in [0.1, 0.15) is 12.0 Å². The normalized spacial score (nSPS) is 11.7. The van der Waals surface area contributed by atoms with Gasteiger partial charge in [-0.05, 0) is 25.1 Å². The largest absolute Gasteiger partial charge is 0.313 e. The van der Waals surface area contributed by atoms with Gasteiger partial charge in [0.15, 0.2) is 0 Å². The Kier molecular flexibility index (Phi) is 5.51. The summed E-state index contributed by atoms with van der Waals surface area (Å²) in [5, 5.41) is 7.81. The highest BCUT2D eigenvalue weighted by Crippen LogP contribution is 2.14. The minimum absolute atomic E-state index is 0.0666. The zero-order valence-corrected chi connectivity index (χ0v) is 11.5. The van der Waals surface area contributed by atoms with Gasteiger partial charge in [-0.3, -0.25) is 0 Å². The summed E-state index contributed by atoms with van der Waals surface area (Å²) in [4.78, 5) is 0. The van der Waals surface area contributed by atoms with E-state index in [1.807, 2.05) is 0 Å². The summed E-state index contributed by atoms with van der Waals surface area (Å²) >= 11 is 3.17. The van der Waals surface area contributed by atoms with Crippen molar-refractivity contribution in [2.24, 2.45) is 5.14 Å². The van der Waals surface area contributed by atoms with Crippen LogP contribution in [0.15, 0.2) is 22.7 Å². The van der Waals surface area contributed by atoms with Gasteiger partial charge in [-0.2, -0.15) is 0 Å². The molecule has 96 valence electrons. The molecule has 0 unspecified atom stereocenters. The Hall–Kier alpha value is -0.500. The zero-order valence-electron chi connectivity index (χ0n) is 9.12. The SMILES string of the molecule is NS(=O)(=O)CCCNCc1ccc(Br)cc1F. The summed E-state index contributed by atoms with van der Waals surface area (Å²) in [6, 6.07) is 4.82. The van der Waals surface area contributed by atoms with E-state index in [1.165, 1.54) is 6.07 Å². The monoisotopic (exact) mass is 324 g/mol. The van der Waals surface area contributed by atoms with Crippen LogP contribution >= 0.6 is 15.9 Å². The summed E-state index contributed by atoms with van der Waals surface area (Å²) < 4.78 is 35.3. The van der Waals surface area contributed by atoms with Crippen LogP contribution in [-0.4, -0.2) is 20.7 Å². The van der Waals surface area contributed by atoms with Crippen molar-refractivity contribution in [2.45, 2.75) is 13.0 Å². The van der Waals surface area contributed by atoms with E-state index in [0.29, 0.717) is 29.5 Å². The first-order valence-electron chi connectivity index (χ1n) is 5.03. The molecular formula is C10H14BrFN2O2S. The molecule has 0 atom stereocenters. The van der Waals surface area contributed by atoms with E-state index in [1.54, 1.807) is 12.1 Å². The number of sulfonamides is 1. The van der Waals surface area contributed by atoms with E-state index < -0.39 is 10.0 Å². The molecule has 0 amide bonds. The number of nitrogens with two attached hydrogens (primary N) is 1. The van der Waals surface area contributed by atoms with Gasteiger partial charge in [-0.25, -0.2) is 17.9 Å². The molecule has 0 aliphatic carbocycles. The molecule has 0 saturated carbocycles. The van der Waals surface area contributed by atoms with Crippen LogP contribution in [-0.2, 0) is 16.6 Å². The van der Waals surface area contributed by atoms with E-state index in [9.17, 15) is 12.8 Å². The minimum atomic E-state index is -3.40. The molecule has 0 radical (unpaired) electrons. The Bertz CT molecular complexity index is 479. The number of rotatable bonds is 6. The number of primary sulfonamides is 1. The van der Waals surface area contributed by atoms with Crippen LogP contribution in [0, 0.1) is 5.82 Å². The van der Waals surface area contributed by atoms with Crippen molar-refractivity contribution in [3.8, 4) is 0 Å². The lowest BCUT2D eigenvalue weighted by Crippen LogP contribution is -2.22. The van der Waals surface area contributed by atoms with Crippen LogP contribution < -0.4 is 10.5 Å². The van der Waals surface area contributed by atoms with Gasteiger partial charge in [0, 0.05) is 16.6 Å². The Morgan fingerprint density at radius 1 is 1.41 bits per heavy atom. The van der Waals surface area contributed by atoms with Crippen molar-refractivity contribution in [2.75, 3.05) is 12.3 Å². The Morgan fingerprint density at radius 2 is 2.12 bits per heavy atom. The molecule has 7 heteroatoms. The van der Waals surface area contributed by atoms with Gasteiger partial charge in [0.25, 0.3) is 0 Å². The minimum Gasteiger partial charge on any atom is -0.313 e. The summed E-state index contributed by atoms with van der Waals surface area (Å²) in [6.07, 6.45) is 0.414. The molecule has 17 heavy (non-hydrogen) atoms. The second-order valence-electron chi connectivity index (χ2n) is 3.63. The van der Waals surface area contributed by atoms with Crippen LogP contribution in [0.5, 0.6) is 0 Å². The maximum absolute atomic E-state index is 13.4. The number of halogens is 2. The van der Waals surface area contributed by atoms with Gasteiger partial charge in [-0.15, -0.1) is 0 Å². The second-order valence-corrected chi connectivity index (χ2v) is 6.28. The fraction of sp³-hybridized carbons (Fsp3) is 0.400. The number of benzene rings is 1. The quantitative estimate of drug-likeness (QED) is 0.776. The topological polar surface area (TPSA) is 72.2 Å². The number of nitrogens with one attached hydrogen (secondary N) is 1. The second kappa shape index (κ2) is 6.44. The van der Waals surface area contributed by atoms with Crippen molar-refractivity contribution >= 4 is 26.0 Å². The van der Waals surface area contributed by atoms with Crippen LogP contribution in [0.25, 0.3) is 0 Å². The lowest BCUT2D eigenvalue weighted by Gasteiger charge is -2.06. The Labute approximate surface area is 109 Å². The van der Waals surface area contributed by atoms with Crippen LogP contribution in [0.3, 0.4) is 0 Å². The molecular weight excluding hydrogens is 311 g/mol. The molecule has 0 heterocycles. The summed E-state index contributed by atoms with van der Waals surface area (Å²) in [5.74, 6) is -0.360. The number of hydrogen-bond donors (Lipinski definition) is 2. The highest BCUT2D eigenvalue weighted by Gasteiger charge is 2.03. The predicted octanol–water partition coefficient (Wildman–Crippen LogP) is 1.36. The van der Waals surface area contributed by atoms with E-state index >= 15 is 0 Å². The van der Waals surface area contributed by atoms with Gasteiger partial charge in [-0.1, -0.05) is 22.0 Å². The molecule has 0 aromatic heterocycles. The molecule has 0 aliphatic rings. The lowest BCUT2D eigenvalue weighted by molar-refractivity contribution is 0.577. The maximum atomic E-state index is 13.4. The van der Waals surface area contributed by atoms with Crippen LogP contribution in [0.2, 0.25) is 0 Å². The highest BCUT2D eigenvalue weighted by molar-refractivity contribution is 9.10. The zero-order chi connectivity index (χ0) is 12.9. The van der Waals surface area contributed by atoms with Gasteiger partial charge in [0.1, 0.15) is 5.82 Å². The lowest BCUT2D eigenvalue weighted by atomic mass is 10.2. The van der Waals surface area contributed by atoms with E-state index in [0.717, 1.165) is 0 Å². The van der Waals surface area contributed by atoms with Crippen molar-refractivity contribution in [1.29, 1.82) is 0 Å². The molecule has 1 rings (SSSR count). The van der Waals surface area contributed by atoms with E-state index in [-0.39, 0.29) is 11.6 Å². The van der Waals surface area contributed by atoms with E-state index in [4.69, 9.17) is 5.14 Å². The van der Waals surface area contributed by atoms with Crippen molar-refractivity contribution in [3.05, 3.63) is 34.1 Å². The van der Waals surface area contributed by atoms with Gasteiger partial charge >= 0.3 is 0 Å². The van der Waals surface area contributed by atoms with Crippen molar-refractivity contribution in [1.82, 2.24) is 5.32 Å². The molecule has 0 saturated heterocycles. The molecule has 3 N–H and O–H groups in total. The summed E-state index contributed by atoms with van der Waals surface area (Å²) in [6.45, 7) is 0.843. The third-order valence-electron chi connectivity index (χ3n) is 2.11. The fourth-order valence-corrected chi connectivity index (χ4v) is 2.17. The first-order valence-corrected chi connectivity index (χ1v) is 7.54. The maximum Gasteiger partial charge on any atom is 0.209 e. The molecule has 1 aromatic rings. The molecule has 0 fully saturated rings. The smallest absolute Gasteiger partial charge is 0.209 e. The van der Waals surface area contributed by atoms with Gasteiger partial charge in [0.2, 0.25) is 10.0 Å². The molecule has 0 spiro atoms. The molecule has 4 nitrogen and oxygen atoms in total. The van der Waals surface area contributed by atoms with Crippen molar-refractivity contribution < 1.29 is 12.8 Å². The molecule has 0 bridgehead atoms. The standard InChI is InChI=1S/C10H14BrFN2O2S/c11-9-3-2-8(10(12)6-9)7-14-4-1-5-17(13,15)16/h2-3,6,14H,1,4-5,7H2,(H2,13,15,16).